The van der Waals surface area contributed by atoms with Gasteiger partial charge in [0.25, 0.3) is 0 Å². The van der Waals surface area contributed by atoms with Crippen molar-refractivity contribution in [2.45, 2.75) is 4.90 Å². The van der Waals surface area contributed by atoms with Crippen LogP contribution in [0.25, 0.3) is 16.9 Å². The summed E-state index contributed by atoms with van der Waals surface area (Å²) in [5, 5.41) is 10.1. The molecule has 26 heavy (non-hydrogen) atoms. The van der Waals surface area contributed by atoms with E-state index in [2.05, 4.69) is 5.10 Å². The van der Waals surface area contributed by atoms with Crippen LogP contribution in [-0.2, 0) is 10.0 Å². The van der Waals surface area contributed by atoms with Crippen molar-refractivity contribution < 1.29 is 17.9 Å². The Labute approximate surface area is 156 Å². The molecular weight excluding hydrogens is 378 g/mol. The maximum absolute atomic E-state index is 12.0. The Morgan fingerprint density at radius 1 is 1.08 bits per heavy atom. The summed E-state index contributed by atoms with van der Waals surface area (Å²) in [4.78, 5) is -0.150. The molecule has 0 fully saturated rings. The summed E-state index contributed by atoms with van der Waals surface area (Å²) in [6.45, 7) is 0. The van der Waals surface area contributed by atoms with Crippen LogP contribution in [0.4, 0.5) is 0 Å². The molecule has 0 saturated carbocycles. The Bertz CT molecular complexity index is 1060. The first kappa shape index (κ1) is 18.2. The van der Waals surface area contributed by atoms with E-state index in [0.29, 0.717) is 27.7 Å². The van der Waals surface area contributed by atoms with Crippen LogP contribution in [-0.4, -0.2) is 32.4 Å². The molecule has 7 nitrogen and oxygen atoms in total. The number of para-hydroxylation sites is 1. The van der Waals surface area contributed by atoms with Crippen molar-refractivity contribution in [1.29, 1.82) is 0 Å². The average molecular weight is 394 g/mol. The lowest BCUT2D eigenvalue weighted by Gasteiger charge is -2.15. The molecule has 2 aromatic carbocycles. The molecule has 9 heteroatoms. The number of benzene rings is 2. The second-order valence-electron chi connectivity index (χ2n) is 5.33. The first-order chi connectivity index (χ1) is 12.4. The van der Waals surface area contributed by atoms with Gasteiger partial charge in [0.1, 0.15) is 16.4 Å². The summed E-state index contributed by atoms with van der Waals surface area (Å²) in [7, 11) is -1.17. The normalized spacial score (nSPS) is 11.4. The molecule has 0 aliphatic rings. The van der Waals surface area contributed by atoms with Gasteiger partial charge in [-0.25, -0.2) is 18.2 Å². The van der Waals surface area contributed by atoms with Crippen molar-refractivity contribution in [1.82, 2.24) is 9.78 Å². The Kier molecular flexibility index (Phi) is 4.90. The largest absolute Gasteiger partial charge is 0.496 e. The minimum atomic E-state index is -4.01. The van der Waals surface area contributed by atoms with E-state index in [1.165, 1.54) is 26.4 Å². The van der Waals surface area contributed by atoms with Crippen molar-refractivity contribution >= 4 is 21.6 Å². The monoisotopic (exact) mass is 393 g/mol. The van der Waals surface area contributed by atoms with E-state index in [0.717, 1.165) is 0 Å². The summed E-state index contributed by atoms with van der Waals surface area (Å²) in [6.07, 6.45) is 1.58. The Hall–Kier alpha value is -2.55. The van der Waals surface area contributed by atoms with Gasteiger partial charge in [-0.3, -0.25) is 0 Å². The van der Waals surface area contributed by atoms with Gasteiger partial charge in [0.2, 0.25) is 10.0 Å². The van der Waals surface area contributed by atoms with E-state index < -0.39 is 10.0 Å². The number of hydrogen-bond acceptors (Lipinski definition) is 5. The van der Waals surface area contributed by atoms with Crippen molar-refractivity contribution in [2.75, 3.05) is 14.2 Å². The number of rotatable bonds is 5. The highest BCUT2D eigenvalue weighted by atomic mass is 35.5. The van der Waals surface area contributed by atoms with E-state index in [9.17, 15) is 8.42 Å². The number of nitrogens with zero attached hydrogens (tertiary/aromatic N) is 2. The number of nitrogens with two attached hydrogens (primary N) is 1. The van der Waals surface area contributed by atoms with Gasteiger partial charge in [0.15, 0.2) is 0 Å². The first-order valence-electron chi connectivity index (χ1n) is 7.45. The number of halogens is 1. The molecule has 1 aromatic heterocycles. The molecule has 0 radical (unpaired) electrons. The molecule has 136 valence electrons. The fraction of sp³-hybridized carbons (Fsp3) is 0.118. The fourth-order valence-corrected chi connectivity index (χ4v) is 3.54. The molecule has 0 unspecified atom stereocenters. The van der Waals surface area contributed by atoms with Gasteiger partial charge in [0.05, 0.1) is 36.8 Å². The zero-order chi connectivity index (χ0) is 18.9. The Morgan fingerprint density at radius 3 is 2.38 bits per heavy atom. The van der Waals surface area contributed by atoms with Crippen LogP contribution < -0.4 is 14.6 Å². The number of sulfonamides is 1. The Morgan fingerprint density at radius 2 is 1.77 bits per heavy atom. The van der Waals surface area contributed by atoms with E-state index in [4.69, 9.17) is 26.2 Å². The predicted molar refractivity (Wildman–Crippen MR) is 98.5 cm³/mol. The second kappa shape index (κ2) is 6.99. The van der Waals surface area contributed by atoms with Crippen molar-refractivity contribution in [3.8, 4) is 28.4 Å². The maximum atomic E-state index is 12.0. The van der Waals surface area contributed by atoms with Crippen LogP contribution in [0, 0.1) is 0 Å². The Balaban J connectivity index is 2.29. The van der Waals surface area contributed by atoms with Gasteiger partial charge in [-0.2, -0.15) is 5.10 Å². The van der Waals surface area contributed by atoms with Gasteiger partial charge in [-0.1, -0.05) is 23.7 Å². The third-order valence-corrected chi connectivity index (χ3v) is 5.04. The average Bonchev–Trinajstić information content (AvgIpc) is 3.09. The third-order valence-electron chi connectivity index (χ3n) is 3.79. The van der Waals surface area contributed by atoms with Crippen LogP contribution in [0.1, 0.15) is 0 Å². The minimum absolute atomic E-state index is 0.0944. The molecule has 0 aliphatic heterocycles. The number of hydrogen-bond donors (Lipinski definition) is 1. The summed E-state index contributed by atoms with van der Waals surface area (Å²) in [5.74, 6) is 0.500. The van der Waals surface area contributed by atoms with Crippen LogP contribution >= 0.6 is 11.6 Å². The van der Waals surface area contributed by atoms with E-state index >= 15 is 0 Å². The smallest absolute Gasteiger partial charge is 0.241 e. The molecule has 0 atom stereocenters. The quantitative estimate of drug-likeness (QED) is 0.718. The standard InChI is InChI=1S/C17H16ClN3O4S/c1-24-15-10-16(25-2)17(26(19,22)23)9-11(15)13-7-8-20-21(13)14-6-4-3-5-12(14)18/h3-10H,1-2H3,(H2,19,22,23). The zero-order valence-corrected chi connectivity index (χ0v) is 15.6. The number of methoxy groups -OCH3 is 2. The highest BCUT2D eigenvalue weighted by Crippen LogP contribution is 2.38. The van der Waals surface area contributed by atoms with Crippen molar-refractivity contribution in [2.24, 2.45) is 5.14 Å². The molecule has 3 rings (SSSR count). The fourth-order valence-electron chi connectivity index (χ4n) is 2.61. The lowest BCUT2D eigenvalue weighted by atomic mass is 10.1. The highest BCUT2D eigenvalue weighted by molar-refractivity contribution is 7.89. The molecule has 3 aromatic rings. The highest BCUT2D eigenvalue weighted by Gasteiger charge is 2.22. The molecule has 0 amide bonds. The number of ether oxygens (including phenoxy) is 2. The van der Waals surface area contributed by atoms with Crippen LogP contribution in [0.2, 0.25) is 5.02 Å². The van der Waals surface area contributed by atoms with Crippen LogP contribution in [0.15, 0.2) is 53.6 Å². The molecule has 0 spiro atoms. The minimum Gasteiger partial charge on any atom is -0.496 e. The summed E-state index contributed by atoms with van der Waals surface area (Å²) in [6, 6.07) is 11.8. The number of primary sulfonamides is 1. The van der Waals surface area contributed by atoms with E-state index in [-0.39, 0.29) is 10.6 Å². The van der Waals surface area contributed by atoms with Crippen LogP contribution in [0.3, 0.4) is 0 Å². The summed E-state index contributed by atoms with van der Waals surface area (Å²) in [5.41, 5.74) is 1.71. The van der Waals surface area contributed by atoms with Gasteiger partial charge in [-0.05, 0) is 24.3 Å². The zero-order valence-electron chi connectivity index (χ0n) is 14.0. The van der Waals surface area contributed by atoms with Gasteiger partial charge >= 0.3 is 0 Å². The molecule has 1 heterocycles. The summed E-state index contributed by atoms with van der Waals surface area (Å²) >= 11 is 6.27. The first-order valence-corrected chi connectivity index (χ1v) is 9.37. The SMILES string of the molecule is COc1cc(OC)c(S(N)(=O)=O)cc1-c1ccnn1-c1ccccc1Cl. The molecule has 0 saturated heterocycles. The van der Waals surface area contributed by atoms with Crippen LogP contribution in [0.5, 0.6) is 11.5 Å². The maximum Gasteiger partial charge on any atom is 0.241 e. The van der Waals surface area contributed by atoms with E-state index in [1.54, 1.807) is 29.1 Å². The summed E-state index contributed by atoms with van der Waals surface area (Å²) < 4.78 is 36.1. The van der Waals surface area contributed by atoms with Gasteiger partial charge < -0.3 is 9.47 Å². The predicted octanol–water partition coefficient (Wildman–Crippen LogP) is 2.86. The second-order valence-corrected chi connectivity index (χ2v) is 7.27. The topological polar surface area (TPSA) is 96.4 Å². The van der Waals surface area contributed by atoms with Crippen molar-refractivity contribution in [3.05, 3.63) is 53.7 Å². The van der Waals surface area contributed by atoms with Crippen molar-refractivity contribution in [3.63, 3.8) is 0 Å². The lowest BCUT2D eigenvalue weighted by molar-refractivity contribution is 0.387. The van der Waals surface area contributed by atoms with Gasteiger partial charge in [0, 0.05) is 11.6 Å². The molecule has 0 aliphatic carbocycles. The third kappa shape index (κ3) is 3.26. The molecular formula is C17H16ClN3O4S. The number of aromatic nitrogens is 2. The lowest BCUT2D eigenvalue weighted by Crippen LogP contribution is -2.14. The van der Waals surface area contributed by atoms with Gasteiger partial charge in [-0.15, -0.1) is 0 Å². The van der Waals surface area contributed by atoms with E-state index in [1.807, 2.05) is 12.1 Å². The molecule has 2 N–H and O–H groups in total. The molecule has 0 bridgehead atoms.